The molecule has 0 spiro atoms. The van der Waals surface area contributed by atoms with Gasteiger partial charge < -0.3 is 4.74 Å². The minimum absolute atomic E-state index is 0.0250. The smallest absolute Gasteiger partial charge is 0.225 e. The van der Waals surface area contributed by atoms with E-state index in [1.54, 1.807) is 18.2 Å². The first-order chi connectivity index (χ1) is 11.8. The van der Waals surface area contributed by atoms with Gasteiger partial charge in [-0.1, -0.05) is 32.9 Å². The molecule has 134 valence electrons. The summed E-state index contributed by atoms with van der Waals surface area (Å²) in [7, 11) is 0. The summed E-state index contributed by atoms with van der Waals surface area (Å²) in [5.74, 6) is 0.304. The van der Waals surface area contributed by atoms with Crippen molar-refractivity contribution >= 4 is 5.84 Å². The van der Waals surface area contributed by atoms with E-state index in [0.717, 1.165) is 5.69 Å². The van der Waals surface area contributed by atoms with Gasteiger partial charge in [0.1, 0.15) is 12.4 Å². The van der Waals surface area contributed by atoms with Crippen molar-refractivity contribution in [1.82, 2.24) is 10.5 Å². The molecule has 0 bridgehead atoms. The van der Waals surface area contributed by atoms with Crippen molar-refractivity contribution in [3.63, 3.8) is 0 Å². The summed E-state index contributed by atoms with van der Waals surface area (Å²) in [5.41, 5.74) is 4.12. The zero-order chi connectivity index (χ0) is 18.4. The maximum atomic E-state index is 13.3. The van der Waals surface area contributed by atoms with Crippen LogP contribution in [0.15, 0.2) is 41.4 Å². The monoisotopic (exact) mass is 345 g/mol. The number of hydrogen-bond acceptors (Lipinski definition) is 4. The van der Waals surface area contributed by atoms with Gasteiger partial charge >= 0.3 is 0 Å². The van der Waals surface area contributed by atoms with Crippen LogP contribution in [0.4, 0.5) is 4.39 Å². The number of aliphatic imine (C=N–C) groups is 1. The van der Waals surface area contributed by atoms with Crippen LogP contribution in [0, 0.1) is 18.2 Å². The Morgan fingerprint density at radius 3 is 2.68 bits per heavy atom. The fourth-order valence-electron chi connectivity index (χ4n) is 2.10. The van der Waals surface area contributed by atoms with Gasteiger partial charge in [0.2, 0.25) is 5.88 Å². The molecule has 0 aliphatic carbocycles. The molecule has 1 aromatic heterocycles. The number of halogens is 1. The molecule has 0 aliphatic rings. The van der Waals surface area contributed by atoms with Crippen LogP contribution in [-0.4, -0.2) is 22.6 Å². The molecule has 0 aliphatic heterocycles. The number of aryl methyl sites for hydroxylation is 1. The number of hydrogen-bond donors (Lipinski definition) is 2. The third-order valence-electron chi connectivity index (χ3n) is 3.34. The number of rotatable bonds is 5. The summed E-state index contributed by atoms with van der Waals surface area (Å²) in [6.07, 6.45) is 0. The van der Waals surface area contributed by atoms with Crippen LogP contribution < -0.4 is 10.2 Å². The van der Waals surface area contributed by atoms with Gasteiger partial charge in [-0.2, -0.15) is 0 Å². The molecule has 0 saturated heterocycles. The van der Waals surface area contributed by atoms with Crippen LogP contribution >= 0.6 is 0 Å². The molecule has 0 fully saturated rings. The van der Waals surface area contributed by atoms with Gasteiger partial charge in [0.05, 0.1) is 5.56 Å². The van der Waals surface area contributed by atoms with Crippen molar-refractivity contribution in [2.24, 2.45) is 10.4 Å². The van der Waals surface area contributed by atoms with Gasteiger partial charge in [-0.15, -0.1) is 0 Å². The molecule has 6 heteroatoms. The fourth-order valence-corrected chi connectivity index (χ4v) is 2.10. The summed E-state index contributed by atoms with van der Waals surface area (Å²) in [6, 6.07) is 9.80. The maximum Gasteiger partial charge on any atom is 0.225 e. The van der Waals surface area contributed by atoms with Crippen molar-refractivity contribution in [2.45, 2.75) is 34.3 Å². The third kappa shape index (κ3) is 5.83. The number of benzene rings is 1. The van der Waals surface area contributed by atoms with Gasteiger partial charge in [0.25, 0.3) is 0 Å². The van der Waals surface area contributed by atoms with Gasteiger partial charge in [-0.25, -0.2) is 9.37 Å². The van der Waals surface area contributed by atoms with Crippen molar-refractivity contribution in [3.05, 3.63) is 59.0 Å². The van der Waals surface area contributed by atoms with Crippen molar-refractivity contribution < 1.29 is 14.3 Å². The number of aromatic nitrogens is 1. The number of nitrogens with zero attached hydrogens (tertiary/aromatic N) is 2. The Hall–Kier alpha value is -2.47. The van der Waals surface area contributed by atoms with Gasteiger partial charge in [-0.05, 0) is 42.2 Å². The number of nitrogens with one attached hydrogen (secondary N) is 1. The van der Waals surface area contributed by atoms with Crippen LogP contribution in [-0.2, 0) is 6.61 Å². The summed E-state index contributed by atoms with van der Waals surface area (Å²) in [6.45, 7) is 8.70. The zero-order valence-electron chi connectivity index (χ0n) is 15.0. The topological polar surface area (TPSA) is 66.7 Å². The largest absolute Gasteiger partial charge is 0.472 e. The Bertz CT molecular complexity index is 755. The Morgan fingerprint density at radius 2 is 2.04 bits per heavy atom. The Balaban J connectivity index is 2.26. The molecule has 2 rings (SSSR count). The first-order valence-corrected chi connectivity index (χ1v) is 8.08. The second-order valence-electron chi connectivity index (χ2n) is 7.06. The Labute approximate surface area is 147 Å². The standard InChI is InChI=1S/C19H24FN3O2/c1-13-8-9-16(17(23-24)21-12-19(2,3)4)18(22-13)25-11-14-6-5-7-15(20)10-14/h5-10,24H,11-12H2,1-4H3,(H,21,23). The van der Waals surface area contributed by atoms with Crippen LogP contribution in [0.3, 0.4) is 0 Å². The van der Waals surface area contributed by atoms with Crippen LogP contribution in [0.25, 0.3) is 0 Å². The average molecular weight is 345 g/mol. The van der Waals surface area contributed by atoms with Crippen molar-refractivity contribution in [2.75, 3.05) is 6.54 Å². The van der Waals surface area contributed by atoms with E-state index >= 15 is 0 Å². The third-order valence-corrected chi connectivity index (χ3v) is 3.34. The van der Waals surface area contributed by atoms with E-state index in [1.807, 2.05) is 13.0 Å². The highest BCUT2D eigenvalue weighted by Gasteiger charge is 2.15. The van der Waals surface area contributed by atoms with E-state index in [-0.39, 0.29) is 23.7 Å². The lowest BCUT2D eigenvalue weighted by molar-refractivity contribution is 0.232. The lowest BCUT2D eigenvalue weighted by atomic mass is 9.97. The van der Waals surface area contributed by atoms with Crippen molar-refractivity contribution in [3.8, 4) is 5.88 Å². The summed E-state index contributed by atoms with van der Waals surface area (Å²) in [5, 5.41) is 9.48. The number of pyridine rings is 1. The highest BCUT2D eigenvalue weighted by Crippen LogP contribution is 2.20. The zero-order valence-corrected chi connectivity index (χ0v) is 15.0. The van der Waals surface area contributed by atoms with E-state index in [2.05, 4.69) is 36.2 Å². The molecular weight excluding hydrogens is 321 g/mol. The van der Waals surface area contributed by atoms with E-state index in [4.69, 9.17) is 4.74 Å². The van der Waals surface area contributed by atoms with Crippen LogP contribution in [0.1, 0.15) is 37.6 Å². The predicted octanol–water partition coefficient (Wildman–Crippen LogP) is 3.88. The second-order valence-corrected chi connectivity index (χ2v) is 7.06. The summed E-state index contributed by atoms with van der Waals surface area (Å²) in [4.78, 5) is 8.79. The molecule has 0 unspecified atom stereocenters. The Kier molecular flexibility index (Phi) is 6.09. The highest BCUT2D eigenvalue weighted by molar-refractivity contribution is 6.00. The molecule has 2 aromatic rings. The van der Waals surface area contributed by atoms with E-state index in [9.17, 15) is 9.60 Å². The number of hydroxylamine groups is 1. The first kappa shape index (κ1) is 18.9. The molecule has 2 N–H and O–H groups in total. The van der Waals surface area contributed by atoms with E-state index in [1.165, 1.54) is 12.1 Å². The maximum absolute atomic E-state index is 13.3. The molecule has 0 saturated carbocycles. The fraction of sp³-hybridized carbons (Fsp3) is 0.368. The summed E-state index contributed by atoms with van der Waals surface area (Å²) < 4.78 is 19.1. The minimum atomic E-state index is -0.317. The highest BCUT2D eigenvalue weighted by atomic mass is 19.1. The first-order valence-electron chi connectivity index (χ1n) is 8.08. The van der Waals surface area contributed by atoms with Crippen molar-refractivity contribution in [1.29, 1.82) is 0 Å². The molecule has 0 radical (unpaired) electrons. The average Bonchev–Trinajstić information content (AvgIpc) is 2.54. The Morgan fingerprint density at radius 1 is 1.28 bits per heavy atom. The molecule has 1 heterocycles. The number of amidine groups is 1. The molecule has 0 amide bonds. The second kappa shape index (κ2) is 8.07. The van der Waals surface area contributed by atoms with Crippen LogP contribution in [0.2, 0.25) is 0 Å². The van der Waals surface area contributed by atoms with E-state index < -0.39 is 0 Å². The lowest BCUT2D eigenvalue weighted by Crippen LogP contribution is -2.24. The normalized spacial score (nSPS) is 12.2. The lowest BCUT2D eigenvalue weighted by Gasteiger charge is -2.17. The SMILES string of the molecule is Cc1ccc(C(=NCC(C)(C)C)NO)c(OCc2cccc(F)c2)n1. The molecule has 0 atom stereocenters. The molecular formula is C19H24FN3O2. The molecule has 1 aromatic carbocycles. The van der Waals surface area contributed by atoms with Gasteiger partial charge in [0.15, 0.2) is 5.84 Å². The van der Waals surface area contributed by atoms with Gasteiger partial charge in [0, 0.05) is 12.2 Å². The van der Waals surface area contributed by atoms with Gasteiger partial charge in [-0.3, -0.25) is 15.7 Å². The quantitative estimate of drug-likeness (QED) is 0.490. The number of ether oxygens (including phenoxy) is 1. The predicted molar refractivity (Wildman–Crippen MR) is 95.5 cm³/mol. The van der Waals surface area contributed by atoms with E-state index in [0.29, 0.717) is 23.6 Å². The molecule has 25 heavy (non-hydrogen) atoms. The minimum Gasteiger partial charge on any atom is -0.472 e. The summed E-state index contributed by atoms with van der Waals surface area (Å²) >= 11 is 0. The molecule has 5 nitrogen and oxygen atoms in total. The van der Waals surface area contributed by atoms with Crippen LogP contribution in [0.5, 0.6) is 5.88 Å².